The molecule has 0 radical (unpaired) electrons. The van der Waals surface area contributed by atoms with Gasteiger partial charge in [0.2, 0.25) is 0 Å². The van der Waals surface area contributed by atoms with Crippen molar-refractivity contribution < 1.29 is 9.84 Å². The fourth-order valence-electron chi connectivity index (χ4n) is 3.12. The van der Waals surface area contributed by atoms with E-state index in [2.05, 4.69) is 27.7 Å². The van der Waals surface area contributed by atoms with E-state index in [4.69, 9.17) is 10.5 Å². The summed E-state index contributed by atoms with van der Waals surface area (Å²) in [5.41, 5.74) is 4.46. The van der Waals surface area contributed by atoms with Crippen molar-refractivity contribution in [3.05, 3.63) is 0 Å². The monoisotopic (exact) mass is 229 g/mol. The van der Waals surface area contributed by atoms with E-state index >= 15 is 0 Å². The first-order valence-corrected chi connectivity index (χ1v) is 6.18. The lowest BCUT2D eigenvalue weighted by Crippen LogP contribution is -2.54. The molecule has 1 aliphatic heterocycles. The van der Waals surface area contributed by atoms with Crippen molar-refractivity contribution in [2.45, 2.75) is 64.8 Å². The molecule has 96 valence electrons. The van der Waals surface area contributed by atoms with E-state index in [0.29, 0.717) is 0 Å². The molecule has 2 unspecified atom stereocenters. The molecule has 0 spiro atoms. The summed E-state index contributed by atoms with van der Waals surface area (Å²) < 4.78 is 6.03. The minimum atomic E-state index is -0.836. The van der Waals surface area contributed by atoms with Crippen molar-refractivity contribution in [1.29, 1.82) is 0 Å². The number of ether oxygens (including phenoxy) is 1. The number of rotatable bonds is 3. The van der Waals surface area contributed by atoms with Crippen LogP contribution in [0.3, 0.4) is 0 Å². The molecule has 16 heavy (non-hydrogen) atoms. The predicted octanol–water partition coefficient (Wildman–Crippen LogP) is 1.93. The SMILES string of the molecule is CC(C)C(O)(CN)C1CC(C)(C)OC1(C)C. The van der Waals surface area contributed by atoms with Gasteiger partial charge in [0.05, 0.1) is 16.8 Å². The summed E-state index contributed by atoms with van der Waals surface area (Å²) >= 11 is 0. The molecule has 0 aromatic heterocycles. The molecule has 0 amide bonds. The molecule has 1 heterocycles. The van der Waals surface area contributed by atoms with Crippen LogP contribution in [0.4, 0.5) is 0 Å². The Morgan fingerprint density at radius 3 is 2.12 bits per heavy atom. The van der Waals surface area contributed by atoms with Gasteiger partial charge in [-0.3, -0.25) is 0 Å². The van der Waals surface area contributed by atoms with Crippen LogP contribution in [-0.2, 0) is 4.74 Å². The van der Waals surface area contributed by atoms with Gasteiger partial charge < -0.3 is 15.6 Å². The zero-order valence-electron chi connectivity index (χ0n) is 11.5. The second-order valence-electron chi connectivity index (χ2n) is 6.57. The molecule has 1 saturated heterocycles. The van der Waals surface area contributed by atoms with E-state index < -0.39 is 5.60 Å². The van der Waals surface area contributed by atoms with Gasteiger partial charge in [-0.1, -0.05) is 13.8 Å². The summed E-state index contributed by atoms with van der Waals surface area (Å²) in [4.78, 5) is 0. The summed E-state index contributed by atoms with van der Waals surface area (Å²) in [7, 11) is 0. The molecule has 2 atom stereocenters. The molecule has 0 aromatic rings. The van der Waals surface area contributed by atoms with Crippen molar-refractivity contribution >= 4 is 0 Å². The highest BCUT2D eigenvalue weighted by Crippen LogP contribution is 2.48. The summed E-state index contributed by atoms with van der Waals surface area (Å²) in [6, 6.07) is 0. The topological polar surface area (TPSA) is 55.5 Å². The van der Waals surface area contributed by atoms with Gasteiger partial charge in [0.1, 0.15) is 0 Å². The largest absolute Gasteiger partial charge is 0.388 e. The summed E-state index contributed by atoms with van der Waals surface area (Å²) in [6.07, 6.45) is 0.853. The Kier molecular flexibility index (Phi) is 3.46. The smallest absolute Gasteiger partial charge is 0.0848 e. The van der Waals surface area contributed by atoms with Crippen molar-refractivity contribution in [2.75, 3.05) is 6.54 Å². The quantitative estimate of drug-likeness (QED) is 0.777. The van der Waals surface area contributed by atoms with Crippen LogP contribution in [0.5, 0.6) is 0 Å². The highest BCUT2D eigenvalue weighted by molar-refractivity contribution is 5.05. The molecule has 1 aliphatic rings. The van der Waals surface area contributed by atoms with Crippen LogP contribution in [0.15, 0.2) is 0 Å². The van der Waals surface area contributed by atoms with Crippen LogP contribution in [0.25, 0.3) is 0 Å². The van der Waals surface area contributed by atoms with E-state index in [1.54, 1.807) is 0 Å². The first kappa shape index (κ1) is 13.9. The minimum Gasteiger partial charge on any atom is -0.388 e. The van der Waals surface area contributed by atoms with E-state index in [-0.39, 0.29) is 29.6 Å². The first-order valence-electron chi connectivity index (χ1n) is 6.18. The number of hydrogen-bond acceptors (Lipinski definition) is 3. The molecular formula is C13H27NO2. The molecule has 1 rings (SSSR count). The van der Waals surface area contributed by atoms with Gasteiger partial charge in [-0.05, 0) is 40.0 Å². The van der Waals surface area contributed by atoms with Gasteiger partial charge in [-0.25, -0.2) is 0 Å². The third kappa shape index (κ3) is 2.27. The molecule has 1 fully saturated rings. The lowest BCUT2D eigenvalue weighted by Gasteiger charge is -2.42. The first-order chi connectivity index (χ1) is 7.05. The molecule has 0 aromatic carbocycles. The maximum absolute atomic E-state index is 10.8. The fraction of sp³-hybridized carbons (Fsp3) is 1.00. The van der Waals surface area contributed by atoms with E-state index in [1.807, 2.05) is 13.8 Å². The molecule has 3 heteroatoms. The van der Waals surface area contributed by atoms with E-state index in [0.717, 1.165) is 6.42 Å². The van der Waals surface area contributed by atoms with Crippen LogP contribution >= 0.6 is 0 Å². The van der Waals surface area contributed by atoms with Crippen LogP contribution in [0.1, 0.15) is 48.0 Å². The number of nitrogens with two attached hydrogens (primary N) is 1. The fourth-order valence-corrected chi connectivity index (χ4v) is 3.12. The van der Waals surface area contributed by atoms with Gasteiger partial charge in [0.25, 0.3) is 0 Å². The normalized spacial score (nSPS) is 31.7. The zero-order valence-corrected chi connectivity index (χ0v) is 11.5. The Hall–Kier alpha value is -0.120. The number of aliphatic hydroxyl groups is 1. The summed E-state index contributed by atoms with van der Waals surface area (Å²) in [5.74, 6) is 0.222. The van der Waals surface area contributed by atoms with E-state index in [1.165, 1.54) is 0 Å². The van der Waals surface area contributed by atoms with Crippen LogP contribution in [0.2, 0.25) is 0 Å². The van der Waals surface area contributed by atoms with Crippen LogP contribution in [-0.4, -0.2) is 28.5 Å². The van der Waals surface area contributed by atoms with Crippen LogP contribution in [0, 0.1) is 11.8 Å². The van der Waals surface area contributed by atoms with Crippen molar-refractivity contribution in [3.8, 4) is 0 Å². The average molecular weight is 229 g/mol. The average Bonchev–Trinajstić information content (AvgIpc) is 2.33. The molecule has 3 N–H and O–H groups in total. The Balaban J connectivity index is 3.04. The van der Waals surface area contributed by atoms with Crippen LogP contribution < -0.4 is 5.73 Å². The Bertz CT molecular complexity index is 261. The van der Waals surface area contributed by atoms with Crippen molar-refractivity contribution in [3.63, 3.8) is 0 Å². The molecule has 0 saturated carbocycles. The molecule has 3 nitrogen and oxygen atoms in total. The van der Waals surface area contributed by atoms with Gasteiger partial charge in [0, 0.05) is 12.5 Å². The number of hydrogen-bond donors (Lipinski definition) is 2. The Morgan fingerprint density at radius 2 is 1.88 bits per heavy atom. The third-order valence-corrected chi connectivity index (χ3v) is 4.00. The highest BCUT2D eigenvalue weighted by atomic mass is 16.5. The maximum Gasteiger partial charge on any atom is 0.0848 e. The van der Waals surface area contributed by atoms with Crippen molar-refractivity contribution in [1.82, 2.24) is 0 Å². The summed E-state index contributed by atoms with van der Waals surface area (Å²) in [5, 5.41) is 10.8. The van der Waals surface area contributed by atoms with Gasteiger partial charge in [-0.15, -0.1) is 0 Å². The summed E-state index contributed by atoms with van der Waals surface area (Å²) in [6.45, 7) is 12.6. The lowest BCUT2D eigenvalue weighted by atomic mass is 9.69. The second-order valence-corrected chi connectivity index (χ2v) is 6.57. The highest BCUT2D eigenvalue weighted by Gasteiger charge is 2.55. The lowest BCUT2D eigenvalue weighted by molar-refractivity contribution is -0.125. The zero-order chi connectivity index (χ0) is 12.8. The van der Waals surface area contributed by atoms with Gasteiger partial charge >= 0.3 is 0 Å². The third-order valence-electron chi connectivity index (χ3n) is 4.00. The minimum absolute atomic E-state index is 0.0833. The molecule has 0 aliphatic carbocycles. The van der Waals surface area contributed by atoms with E-state index in [9.17, 15) is 5.11 Å². The van der Waals surface area contributed by atoms with Gasteiger partial charge in [-0.2, -0.15) is 0 Å². The predicted molar refractivity (Wildman–Crippen MR) is 66.2 cm³/mol. The Morgan fingerprint density at radius 1 is 1.38 bits per heavy atom. The van der Waals surface area contributed by atoms with Gasteiger partial charge in [0.15, 0.2) is 0 Å². The molecular weight excluding hydrogens is 202 g/mol. The maximum atomic E-state index is 10.8. The second kappa shape index (κ2) is 3.97. The van der Waals surface area contributed by atoms with Crippen molar-refractivity contribution in [2.24, 2.45) is 17.6 Å². The standard InChI is InChI=1S/C13H27NO2/c1-9(2)13(15,8-14)10-7-11(3,4)16-12(10,5)6/h9-10,15H,7-8,14H2,1-6H3. The molecule has 0 bridgehead atoms. The Labute approximate surface area is 99.4 Å².